The molecule has 4 aliphatic heterocycles. The first kappa shape index (κ1) is 70.7. The molecule has 82 heavy (non-hydrogen) atoms. The number of aliphatic hydroxyl groups is 1. The molecule has 468 valence electrons. The molecular weight excluding hydrogens is 1100 g/mol. The summed E-state index contributed by atoms with van der Waals surface area (Å²) in [4.78, 5) is 0.749. The quantitative estimate of drug-likeness (QED) is 0.0710. The molecule has 1 N–H and O–H groups in total. The number of benzene rings is 2. The van der Waals surface area contributed by atoms with E-state index < -0.39 is 36.3 Å². The predicted octanol–water partition coefficient (Wildman–Crippen LogP) is 15.5. The zero-order valence-corrected chi connectivity index (χ0v) is 57.7. The molecule has 4 aliphatic rings. The van der Waals surface area contributed by atoms with Crippen molar-refractivity contribution in [2.75, 3.05) is 31.3 Å². The Bertz CT molecular complexity index is 2340. The van der Waals surface area contributed by atoms with Crippen LogP contribution in [0.5, 0.6) is 0 Å². The molecule has 11 nitrogen and oxygen atoms in total. The second-order valence-electron chi connectivity index (χ2n) is 28.9. The lowest BCUT2D eigenvalue weighted by atomic mass is 9.81. The van der Waals surface area contributed by atoms with Crippen LogP contribution < -0.4 is 0 Å². The van der Waals surface area contributed by atoms with Gasteiger partial charge in [0.05, 0.1) is 70.1 Å². The highest BCUT2D eigenvalue weighted by Gasteiger charge is 2.49. The monoisotopic (exact) mass is 1210 g/mol. The zero-order chi connectivity index (χ0) is 61.2. The average molecular weight is 1220 g/mol. The summed E-state index contributed by atoms with van der Waals surface area (Å²) >= 11 is 0. The SMILES string of the molecule is C=C1[C@H](C)C[C@H](CCCC)O[C@@H]1CC1O[C@H](C[C@H](C)CO[Si](C)(C)C(C)(C)C)[C@H](C)[C@H]1CS(=O)(=O)c1ccccc1.C=C1[C@H](C)C[C@H](CCCO)O[C@@H]1CC1O[C@H](C[C@H](C)CO[Si](C)(C)C(C)(C)C)[C@H](C)[C@H]1CS(=O)(=O)c1ccccc1. The van der Waals surface area contributed by atoms with Gasteiger partial charge >= 0.3 is 0 Å². The van der Waals surface area contributed by atoms with Crippen molar-refractivity contribution in [1.82, 2.24) is 0 Å². The standard InChI is InChI=1S/C34H58O5SSi.C33H56O6SSi/c1-11-12-16-28-20-25(3)26(4)32(38-28)21-33-30(23-40(35,36)29-17-14-13-15-18-29)27(5)31(39-33)19-24(2)22-37-41(9,10)34(6,7)8;1-23(21-37-41(8,9)33(5,6)7)18-30-26(4)29(22-40(35,36)28-15-11-10-12-16-28)32(39-30)20-31-25(3)24(2)19-27(38-31)14-13-17-34/h13-15,17-18,24-25,27-28,30-33H,4,11-12,16,19-23H2,1-3,5-10H3;10-12,15-16,23-24,26-27,29-32,34H,3,13-14,17-22H2,1-2,4-9H3/t24-,25+,27+,28-,30+,31+,32+,33?;23-,24+,26+,27-,29+,30+,31+,32?/m00/s1. The Balaban J connectivity index is 0.000000301. The van der Waals surface area contributed by atoms with Gasteiger partial charge in [-0.1, -0.05) is 152 Å². The van der Waals surface area contributed by atoms with E-state index in [2.05, 4.69) is 129 Å². The van der Waals surface area contributed by atoms with Crippen LogP contribution in [0.4, 0.5) is 0 Å². The summed E-state index contributed by atoms with van der Waals surface area (Å²) in [5, 5.41) is 9.66. The van der Waals surface area contributed by atoms with Crippen molar-refractivity contribution in [2.24, 2.45) is 47.3 Å². The van der Waals surface area contributed by atoms with Crippen molar-refractivity contribution in [3.05, 3.63) is 85.0 Å². The summed E-state index contributed by atoms with van der Waals surface area (Å²) in [7, 11) is -10.6. The van der Waals surface area contributed by atoms with Crippen LogP contribution in [-0.4, -0.2) is 119 Å². The van der Waals surface area contributed by atoms with E-state index in [0.29, 0.717) is 65.9 Å². The van der Waals surface area contributed by atoms with Gasteiger partial charge in [-0.05, 0) is 152 Å². The first-order valence-corrected chi connectivity index (χ1v) is 40.7. The molecule has 0 aliphatic carbocycles. The van der Waals surface area contributed by atoms with Gasteiger partial charge in [0, 0.05) is 44.5 Å². The summed E-state index contributed by atoms with van der Waals surface area (Å²) in [5.41, 5.74) is 2.18. The van der Waals surface area contributed by atoms with Gasteiger partial charge in [0.2, 0.25) is 0 Å². The minimum Gasteiger partial charge on any atom is -0.417 e. The number of hydrogen-bond donors (Lipinski definition) is 1. The van der Waals surface area contributed by atoms with Crippen LogP contribution in [0.1, 0.15) is 161 Å². The molecule has 0 radical (unpaired) electrons. The van der Waals surface area contributed by atoms with Gasteiger partial charge in [-0.3, -0.25) is 0 Å². The summed E-state index contributed by atoms with van der Waals surface area (Å²) in [6.07, 6.45) is 9.28. The second kappa shape index (κ2) is 30.3. The van der Waals surface area contributed by atoms with Crippen LogP contribution in [0.25, 0.3) is 0 Å². The fraction of sp³-hybridized carbons (Fsp3) is 0.761. The van der Waals surface area contributed by atoms with E-state index in [-0.39, 0.29) is 101 Å². The number of rotatable bonds is 26. The van der Waals surface area contributed by atoms with Gasteiger partial charge < -0.3 is 32.9 Å². The van der Waals surface area contributed by atoms with E-state index in [9.17, 15) is 21.9 Å². The third-order valence-corrected chi connectivity index (χ3v) is 32.7. The highest BCUT2D eigenvalue weighted by molar-refractivity contribution is 7.91. The van der Waals surface area contributed by atoms with Gasteiger partial charge in [0.15, 0.2) is 36.3 Å². The van der Waals surface area contributed by atoms with Crippen molar-refractivity contribution in [3.8, 4) is 0 Å². The Morgan fingerprint density at radius 3 is 1.27 bits per heavy atom. The number of aliphatic hydroxyl groups excluding tert-OH is 1. The van der Waals surface area contributed by atoms with Gasteiger partial charge in [-0.15, -0.1) is 0 Å². The van der Waals surface area contributed by atoms with Crippen molar-refractivity contribution >= 4 is 36.3 Å². The van der Waals surface area contributed by atoms with Crippen molar-refractivity contribution < 1.29 is 49.7 Å². The minimum absolute atomic E-state index is 0.0147. The molecular formula is C67H114O11S2Si2. The van der Waals surface area contributed by atoms with Gasteiger partial charge in [0.25, 0.3) is 0 Å². The Morgan fingerprint density at radius 1 is 0.585 bits per heavy atom. The Labute approximate surface area is 502 Å². The Morgan fingerprint density at radius 2 is 0.939 bits per heavy atom. The molecule has 2 aromatic rings. The largest absolute Gasteiger partial charge is 0.417 e. The first-order chi connectivity index (χ1) is 38.1. The second-order valence-corrected chi connectivity index (χ2v) is 42.6. The van der Waals surface area contributed by atoms with Crippen molar-refractivity contribution in [2.45, 2.75) is 256 Å². The summed E-state index contributed by atoms with van der Waals surface area (Å²) in [5.74, 6) is 1.39. The third-order valence-electron chi connectivity index (χ3n) is 20.0. The molecule has 2 aromatic carbocycles. The number of unbranched alkanes of at least 4 members (excludes halogenated alkanes) is 1. The first-order valence-electron chi connectivity index (χ1n) is 31.5. The molecule has 6 rings (SSSR count). The normalized spacial score (nSPS) is 30.5. The van der Waals surface area contributed by atoms with Gasteiger partial charge in [-0.2, -0.15) is 0 Å². The van der Waals surface area contributed by atoms with Crippen molar-refractivity contribution in [1.29, 1.82) is 0 Å². The number of sulfone groups is 2. The molecule has 4 saturated heterocycles. The molecule has 4 heterocycles. The molecule has 15 heteroatoms. The fourth-order valence-electron chi connectivity index (χ4n) is 12.1. The minimum atomic E-state index is -3.49. The number of hydrogen-bond acceptors (Lipinski definition) is 11. The van der Waals surface area contributed by atoms with E-state index in [4.69, 9.17) is 27.8 Å². The van der Waals surface area contributed by atoms with Gasteiger partial charge in [0.1, 0.15) is 0 Å². The van der Waals surface area contributed by atoms with Crippen LogP contribution in [0.15, 0.2) is 94.8 Å². The Kier molecular flexibility index (Phi) is 26.1. The van der Waals surface area contributed by atoms with Crippen LogP contribution in [0.3, 0.4) is 0 Å². The maximum absolute atomic E-state index is 13.6. The maximum Gasteiger partial charge on any atom is 0.191 e. The topological polar surface area (TPSA) is 144 Å². The molecule has 0 saturated carbocycles. The lowest BCUT2D eigenvalue weighted by molar-refractivity contribution is -0.0713. The van der Waals surface area contributed by atoms with Crippen LogP contribution >= 0.6 is 0 Å². The van der Waals surface area contributed by atoms with Crippen LogP contribution in [-0.2, 0) is 47.5 Å². The summed E-state index contributed by atoms with van der Waals surface area (Å²) in [6, 6.07) is 17.6. The molecule has 0 amide bonds. The highest BCUT2D eigenvalue weighted by atomic mass is 32.2. The third kappa shape index (κ3) is 19.5. The highest BCUT2D eigenvalue weighted by Crippen LogP contribution is 2.46. The van der Waals surface area contributed by atoms with E-state index in [1.807, 2.05) is 12.1 Å². The van der Waals surface area contributed by atoms with Gasteiger partial charge in [-0.25, -0.2) is 16.8 Å². The van der Waals surface area contributed by atoms with E-state index in [1.54, 1.807) is 48.5 Å². The number of ether oxygens (including phenoxy) is 4. The van der Waals surface area contributed by atoms with E-state index in [1.165, 1.54) is 0 Å². The zero-order valence-electron chi connectivity index (χ0n) is 54.1. The molecule has 0 spiro atoms. The lowest BCUT2D eigenvalue weighted by Crippen LogP contribution is -2.42. The molecule has 2 unspecified atom stereocenters. The van der Waals surface area contributed by atoms with Crippen LogP contribution in [0.2, 0.25) is 36.3 Å². The van der Waals surface area contributed by atoms with E-state index >= 15 is 0 Å². The maximum atomic E-state index is 13.6. The summed E-state index contributed by atoms with van der Waals surface area (Å²) < 4.78 is 94.0. The lowest BCUT2D eigenvalue weighted by Gasteiger charge is -2.38. The average Bonchev–Trinajstić information content (AvgIpc) is 3.84. The summed E-state index contributed by atoms with van der Waals surface area (Å²) in [6.45, 7) is 48.5. The van der Waals surface area contributed by atoms with Crippen molar-refractivity contribution in [3.63, 3.8) is 0 Å². The molecule has 4 fully saturated rings. The Hall–Kier alpha value is -2.03. The molecule has 0 aromatic heterocycles. The molecule has 16 atom stereocenters. The van der Waals surface area contributed by atoms with Crippen LogP contribution in [0, 0.1) is 47.3 Å². The predicted molar refractivity (Wildman–Crippen MR) is 342 cm³/mol. The smallest absolute Gasteiger partial charge is 0.191 e. The fourth-order valence-corrected chi connectivity index (χ4v) is 17.9. The molecule has 0 bridgehead atoms. The van der Waals surface area contributed by atoms with E-state index in [0.717, 1.165) is 62.5 Å².